The number of Topliss-reactive ketones (excluding diaryl/α,β-unsaturated/α-hetero) is 1. The van der Waals surface area contributed by atoms with E-state index in [0.717, 1.165) is 24.0 Å². The van der Waals surface area contributed by atoms with Crippen molar-refractivity contribution in [3.05, 3.63) is 101 Å². The first-order chi connectivity index (χ1) is 16.0. The van der Waals surface area contributed by atoms with Crippen LogP contribution in [0.15, 0.2) is 72.8 Å². The normalized spacial score (nSPS) is 17.0. The number of carbonyl (C=O) groups excluding carboxylic acids is 2. The molecule has 0 aromatic heterocycles. The zero-order chi connectivity index (χ0) is 23.3. The van der Waals surface area contributed by atoms with Gasteiger partial charge < -0.3 is 10.4 Å². The molecule has 1 atom stereocenters. The Balaban J connectivity index is 1.53. The average Bonchev–Trinajstić information content (AvgIpc) is 3.08. The van der Waals surface area contributed by atoms with E-state index in [2.05, 4.69) is 12.2 Å². The quantitative estimate of drug-likeness (QED) is 0.308. The molecular weight excluding hydrogens is 410 g/mol. The summed E-state index contributed by atoms with van der Waals surface area (Å²) in [5.41, 5.74) is 2.85. The summed E-state index contributed by atoms with van der Waals surface area (Å²) >= 11 is 0. The number of nitrogens with one attached hydrogen (secondary N) is 1. The molecular formula is C29H31NO3. The maximum Gasteiger partial charge on any atom is 0.261 e. The van der Waals surface area contributed by atoms with Crippen LogP contribution in [0.25, 0.3) is 0 Å². The van der Waals surface area contributed by atoms with Crippen molar-refractivity contribution in [2.75, 3.05) is 5.32 Å². The van der Waals surface area contributed by atoms with E-state index in [-0.39, 0.29) is 12.2 Å². The lowest BCUT2D eigenvalue weighted by atomic mass is 9.83. The third kappa shape index (κ3) is 5.07. The summed E-state index contributed by atoms with van der Waals surface area (Å²) < 4.78 is 0. The molecule has 0 aliphatic carbocycles. The van der Waals surface area contributed by atoms with Gasteiger partial charge in [0, 0.05) is 16.8 Å². The van der Waals surface area contributed by atoms with Crippen molar-refractivity contribution >= 4 is 17.4 Å². The number of benzene rings is 3. The number of hydrogen-bond acceptors (Lipinski definition) is 3. The first kappa shape index (κ1) is 22.9. The van der Waals surface area contributed by atoms with Gasteiger partial charge in [0.05, 0.1) is 6.42 Å². The molecule has 0 bridgehead atoms. The molecule has 0 fully saturated rings. The summed E-state index contributed by atoms with van der Waals surface area (Å²) in [6.45, 7) is 2.20. The second-order valence-corrected chi connectivity index (χ2v) is 8.92. The molecule has 0 spiro atoms. The SMILES string of the molecule is CCCCCCc1ccc(C(=O)CC2(O)C(=O)Nc3cccc(Cc4ccccc4)c32)cc1. The highest BCUT2D eigenvalue weighted by Gasteiger charge is 2.48. The Morgan fingerprint density at radius 3 is 2.36 bits per heavy atom. The topological polar surface area (TPSA) is 66.4 Å². The summed E-state index contributed by atoms with van der Waals surface area (Å²) in [6.07, 6.45) is 6.09. The predicted molar refractivity (Wildman–Crippen MR) is 131 cm³/mol. The molecule has 4 rings (SSSR count). The lowest BCUT2D eigenvalue weighted by Gasteiger charge is -2.23. The number of amides is 1. The van der Waals surface area contributed by atoms with E-state index in [1.54, 1.807) is 6.07 Å². The number of aliphatic hydroxyl groups is 1. The average molecular weight is 442 g/mol. The van der Waals surface area contributed by atoms with E-state index in [4.69, 9.17) is 0 Å². The molecule has 33 heavy (non-hydrogen) atoms. The zero-order valence-corrected chi connectivity index (χ0v) is 19.1. The van der Waals surface area contributed by atoms with Gasteiger partial charge in [-0.3, -0.25) is 9.59 Å². The Bertz CT molecular complexity index is 1120. The van der Waals surface area contributed by atoms with E-state index in [1.165, 1.54) is 24.8 Å². The lowest BCUT2D eigenvalue weighted by Crippen LogP contribution is -2.37. The Labute approximate surface area is 195 Å². The molecule has 2 N–H and O–H groups in total. The van der Waals surface area contributed by atoms with Gasteiger partial charge in [0.25, 0.3) is 5.91 Å². The highest BCUT2D eigenvalue weighted by Crippen LogP contribution is 2.42. The summed E-state index contributed by atoms with van der Waals surface area (Å²) in [4.78, 5) is 25.9. The molecule has 4 nitrogen and oxygen atoms in total. The van der Waals surface area contributed by atoms with Gasteiger partial charge in [0.15, 0.2) is 11.4 Å². The molecule has 1 unspecified atom stereocenters. The Hall–Kier alpha value is -3.24. The first-order valence-corrected chi connectivity index (χ1v) is 11.8. The molecule has 1 heterocycles. The summed E-state index contributed by atoms with van der Waals surface area (Å²) in [7, 11) is 0. The second-order valence-electron chi connectivity index (χ2n) is 8.92. The van der Waals surface area contributed by atoms with Crippen LogP contribution in [0.4, 0.5) is 5.69 Å². The molecule has 0 radical (unpaired) electrons. The van der Waals surface area contributed by atoms with Gasteiger partial charge in [-0.2, -0.15) is 0 Å². The van der Waals surface area contributed by atoms with E-state index in [9.17, 15) is 14.7 Å². The summed E-state index contributed by atoms with van der Waals surface area (Å²) in [5, 5.41) is 14.3. The molecule has 3 aromatic rings. The minimum absolute atomic E-state index is 0.243. The summed E-state index contributed by atoms with van der Waals surface area (Å²) in [6, 6.07) is 23.0. The molecule has 1 aliphatic heterocycles. The van der Waals surface area contributed by atoms with Crippen molar-refractivity contribution in [3.63, 3.8) is 0 Å². The van der Waals surface area contributed by atoms with E-state index >= 15 is 0 Å². The number of aryl methyl sites for hydroxylation is 1. The molecule has 1 aliphatic rings. The Morgan fingerprint density at radius 2 is 1.64 bits per heavy atom. The maximum atomic E-state index is 13.1. The zero-order valence-electron chi connectivity index (χ0n) is 19.1. The number of unbranched alkanes of at least 4 members (excludes halogenated alkanes) is 3. The predicted octanol–water partition coefficient (Wildman–Crippen LogP) is 5.81. The number of fused-ring (bicyclic) bond motifs is 1. The van der Waals surface area contributed by atoms with Gasteiger partial charge in [-0.15, -0.1) is 0 Å². The third-order valence-corrected chi connectivity index (χ3v) is 6.44. The summed E-state index contributed by atoms with van der Waals surface area (Å²) in [5.74, 6) is -0.786. The van der Waals surface area contributed by atoms with Gasteiger partial charge in [0.2, 0.25) is 0 Å². The van der Waals surface area contributed by atoms with Crippen molar-refractivity contribution in [2.45, 2.75) is 57.5 Å². The fourth-order valence-corrected chi connectivity index (χ4v) is 4.61. The minimum atomic E-state index is -1.88. The molecule has 1 amide bonds. The maximum absolute atomic E-state index is 13.1. The lowest BCUT2D eigenvalue weighted by molar-refractivity contribution is -0.133. The van der Waals surface area contributed by atoms with Crippen LogP contribution in [-0.4, -0.2) is 16.8 Å². The first-order valence-electron chi connectivity index (χ1n) is 11.8. The van der Waals surface area contributed by atoms with Crippen LogP contribution in [0.1, 0.15) is 71.6 Å². The largest absolute Gasteiger partial charge is 0.375 e. The van der Waals surface area contributed by atoms with Crippen LogP contribution in [0.5, 0.6) is 0 Å². The fraction of sp³-hybridized carbons (Fsp3) is 0.310. The van der Waals surface area contributed by atoms with Crippen LogP contribution in [0.2, 0.25) is 0 Å². The monoisotopic (exact) mass is 441 g/mol. The minimum Gasteiger partial charge on any atom is -0.375 e. The molecule has 3 aromatic carbocycles. The highest BCUT2D eigenvalue weighted by atomic mass is 16.3. The standard InChI is InChI=1S/C29H31NO3/c1-2-3-4-6-10-21-15-17-23(18-16-21)26(31)20-29(33)27-24(19-22-11-7-5-8-12-22)13-9-14-25(27)30-28(29)32/h5,7-9,11-18,33H,2-4,6,10,19-20H2,1H3,(H,30,32). The molecule has 4 heteroatoms. The van der Waals surface area contributed by atoms with E-state index in [1.807, 2.05) is 66.7 Å². The third-order valence-electron chi connectivity index (χ3n) is 6.44. The smallest absolute Gasteiger partial charge is 0.261 e. The Kier molecular flexibility index (Phi) is 7.05. The van der Waals surface area contributed by atoms with Gasteiger partial charge in [-0.05, 0) is 42.0 Å². The fourth-order valence-electron chi connectivity index (χ4n) is 4.61. The number of hydrogen-bond donors (Lipinski definition) is 2. The Morgan fingerprint density at radius 1 is 0.879 bits per heavy atom. The van der Waals surface area contributed by atoms with Crippen molar-refractivity contribution < 1.29 is 14.7 Å². The number of rotatable bonds is 10. The molecule has 0 saturated carbocycles. The number of carbonyl (C=O) groups is 2. The van der Waals surface area contributed by atoms with Crippen LogP contribution in [0.3, 0.4) is 0 Å². The number of ketones is 1. The van der Waals surface area contributed by atoms with Gasteiger partial charge >= 0.3 is 0 Å². The highest BCUT2D eigenvalue weighted by molar-refractivity contribution is 6.09. The molecule has 0 saturated heterocycles. The van der Waals surface area contributed by atoms with Gasteiger partial charge in [0.1, 0.15) is 0 Å². The van der Waals surface area contributed by atoms with Crippen LogP contribution < -0.4 is 5.32 Å². The van der Waals surface area contributed by atoms with E-state index < -0.39 is 11.5 Å². The second kappa shape index (κ2) is 10.1. The van der Waals surface area contributed by atoms with Crippen LogP contribution >= 0.6 is 0 Å². The van der Waals surface area contributed by atoms with Crippen LogP contribution in [0, 0.1) is 0 Å². The van der Waals surface area contributed by atoms with Gasteiger partial charge in [-0.1, -0.05) is 92.9 Å². The van der Waals surface area contributed by atoms with Crippen molar-refractivity contribution in [2.24, 2.45) is 0 Å². The van der Waals surface area contributed by atoms with Crippen molar-refractivity contribution in [1.29, 1.82) is 0 Å². The van der Waals surface area contributed by atoms with Gasteiger partial charge in [-0.25, -0.2) is 0 Å². The molecule has 170 valence electrons. The van der Waals surface area contributed by atoms with E-state index in [0.29, 0.717) is 23.2 Å². The van der Waals surface area contributed by atoms with Crippen LogP contribution in [-0.2, 0) is 23.2 Å². The van der Waals surface area contributed by atoms with Crippen molar-refractivity contribution in [3.8, 4) is 0 Å². The number of anilines is 1. The van der Waals surface area contributed by atoms with Crippen molar-refractivity contribution in [1.82, 2.24) is 0 Å².